The van der Waals surface area contributed by atoms with Crippen molar-refractivity contribution in [2.45, 2.75) is 32.1 Å². The van der Waals surface area contributed by atoms with E-state index in [0.29, 0.717) is 0 Å². The summed E-state index contributed by atoms with van der Waals surface area (Å²) in [5.41, 5.74) is 2.60. The van der Waals surface area contributed by atoms with Crippen LogP contribution in [0.2, 0.25) is 0 Å². The lowest BCUT2D eigenvalue weighted by Crippen LogP contribution is -2.37. The molecule has 0 aromatic heterocycles. The average molecular weight is 271 g/mol. The van der Waals surface area contributed by atoms with E-state index in [-0.39, 0.29) is 5.41 Å². The first kappa shape index (κ1) is 13.4. The number of allylic oxidation sites excluding steroid dienone is 1. The SMILES string of the molecule is CC(C)(C(=O)O)C1=CC2(CCNCC2)c2ccccc21. The van der Waals surface area contributed by atoms with Crippen LogP contribution in [0.5, 0.6) is 0 Å². The number of hydrogen-bond acceptors (Lipinski definition) is 2. The van der Waals surface area contributed by atoms with E-state index in [1.165, 1.54) is 5.56 Å². The number of aliphatic carboxylic acids is 1. The van der Waals surface area contributed by atoms with Crippen LogP contribution in [0, 0.1) is 5.41 Å². The lowest BCUT2D eigenvalue weighted by atomic mass is 9.75. The second-order valence-corrected chi connectivity index (χ2v) is 6.44. The molecule has 1 fully saturated rings. The highest BCUT2D eigenvalue weighted by molar-refractivity contribution is 5.94. The van der Waals surface area contributed by atoms with Crippen LogP contribution in [-0.2, 0) is 10.2 Å². The molecule has 0 atom stereocenters. The summed E-state index contributed by atoms with van der Waals surface area (Å²) >= 11 is 0. The van der Waals surface area contributed by atoms with Crippen LogP contribution in [0.4, 0.5) is 0 Å². The standard InChI is InChI=1S/C17H21NO2/c1-16(2,15(19)20)14-11-17(7-9-18-10-8-17)13-6-4-3-5-12(13)14/h3-6,11,18H,7-10H2,1-2H3,(H,19,20). The third-order valence-electron chi connectivity index (χ3n) is 4.88. The molecule has 2 aliphatic rings. The molecule has 20 heavy (non-hydrogen) atoms. The van der Waals surface area contributed by atoms with Crippen LogP contribution in [-0.4, -0.2) is 24.2 Å². The van der Waals surface area contributed by atoms with Crippen molar-refractivity contribution < 1.29 is 9.90 Å². The fourth-order valence-electron chi connectivity index (χ4n) is 3.50. The molecule has 106 valence electrons. The Morgan fingerprint density at radius 3 is 2.55 bits per heavy atom. The normalized spacial score (nSPS) is 20.6. The van der Waals surface area contributed by atoms with Gasteiger partial charge in [0.25, 0.3) is 0 Å². The van der Waals surface area contributed by atoms with Gasteiger partial charge in [0, 0.05) is 5.41 Å². The molecule has 1 heterocycles. The smallest absolute Gasteiger partial charge is 0.313 e. The fourth-order valence-corrected chi connectivity index (χ4v) is 3.50. The number of piperidine rings is 1. The van der Waals surface area contributed by atoms with Gasteiger partial charge in [0.15, 0.2) is 0 Å². The summed E-state index contributed by atoms with van der Waals surface area (Å²) in [4.78, 5) is 11.6. The monoisotopic (exact) mass is 271 g/mol. The Kier molecular flexibility index (Phi) is 2.98. The Hall–Kier alpha value is -1.61. The molecule has 0 saturated carbocycles. The highest BCUT2D eigenvalue weighted by atomic mass is 16.4. The first-order valence-corrected chi connectivity index (χ1v) is 7.25. The number of fused-ring (bicyclic) bond motifs is 2. The zero-order chi connectivity index (χ0) is 14.4. The van der Waals surface area contributed by atoms with Crippen LogP contribution < -0.4 is 5.32 Å². The van der Waals surface area contributed by atoms with E-state index in [1.54, 1.807) is 13.8 Å². The number of benzene rings is 1. The van der Waals surface area contributed by atoms with Gasteiger partial charge in [-0.3, -0.25) is 4.79 Å². The number of carboxylic acid groups (broad SMARTS) is 1. The highest BCUT2D eigenvalue weighted by Gasteiger charge is 2.44. The van der Waals surface area contributed by atoms with Crippen molar-refractivity contribution >= 4 is 11.5 Å². The summed E-state index contributed by atoms with van der Waals surface area (Å²) in [6, 6.07) is 8.31. The van der Waals surface area contributed by atoms with Gasteiger partial charge in [0.1, 0.15) is 0 Å². The Balaban J connectivity index is 2.16. The first-order chi connectivity index (χ1) is 9.47. The number of nitrogens with one attached hydrogen (secondary N) is 1. The molecule has 1 aromatic carbocycles. The molecule has 0 unspecified atom stereocenters. The Labute approximate surface area is 119 Å². The van der Waals surface area contributed by atoms with Crippen molar-refractivity contribution in [2.75, 3.05) is 13.1 Å². The van der Waals surface area contributed by atoms with Gasteiger partial charge < -0.3 is 10.4 Å². The topological polar surface area (TPSA) is 49.3 Å². The van der Waals surface area contributed by atoms with Gasteiger partial charge in [-0.1, -0.05) is 30.3 Å². The molecule has 1 spiro atoms. The van der Waals surface area contributed by atoms with Crippen LogP contribution >= 0.6 is 0 Å². The Bertz CT molecular complexity index is 580. The van der Waals surface area contributed by atoms with E-state index in [1.807, 2.05) is 6.07 Å². The summed E-state index contributed by atoms with van der Waals surface area (Å²) in [6.45, 7) is 5.59. The minimum Gasteiger partial charge on any atom is -0.481 e. The Morgan fingerprint density at radius 2 is 1.90 bits per heavy atom. The molecule has 0 amide bonds. The van der Waals surface area contributed by atoms with Crippen molar-refractivity contribution in [2.24, 2.45) is 5.41 Å². The predicted octanol–water partition coefficient (Wildman–Crippen LogP) is 2.82. The molecular weight excluding hydrogens is 250 g/mol. The van der Waals surface area contributed by atoms with Gasteiger partial charge in [0.05, 0.1) is 5.41 Å². The Morgan fingerprint density at radius 1 is 1.25 bits per heavy atom. The molecule has 0 radical (unpaired) electrons. The average Bonchev–Trinajstić information content (AvgIpc) is 2.76. The third-order valence-corrected chi connectivity index (χ3v) is 4.88. The largest absolute Gasteiger partial charge is 0.481 e. The van der Waals surface area contributed by atoms with Crippen molar-refractivity contribution in [1.82, 2.24) is 5.32 Å². The molecule has 1 aliphatic heterocycles. The molecule has 1 saturated heterocycles. The van der Waals surface area contributed by atoms with Gasteiger partial charge in [-0.25, -0.2) is 0 Å². The number of carboxylic acids is 1. The maximum atomic E-state index is 11.6. The molecule has 1 aromatic rings. The maximum absolute atomic E-state index is 11.6. The van der Waals surface area contributed by atoms with Crippen LogP contribution in [0.15, 0.2) is 30.3 Å². The number of carbonyl (C=O) groups is 1. The van der Waals surface area contributed by atoms with E-state index in [2.05, 4.69) is 29.6 Å². The van der Waals surface area contributed by atoms with E-state index in [9.17, 15) is 9.90 Å². The molecule has 3 nitrogen and oxygen atoms in total. The van der Waals surface area contributed by atoms with Crippen LogP contribution in [0.25, 0.3) is 5.57 Å². The van der Waals surface area contributed by atoms with Gasteiger partial charge in [-0.05, 0) is 56.5 Å². The van der Waals surface area contributed by atoms with Crippen LogP contribution in [0.3, 0.4) is 0 Å². The second-order valence-electron chi connectivity index (χ2n) is 6.44. The van der Waals surface area contributed by atoms with Crippen molar-refractivity contribution in [3.63, 3.8) is 0 Å². The number of hydrogen-bond donors (Lipinski definition) is 2. The number of rotatable bonds is 2. The predicted molar refractivity (Wildman–Crippen MR) is 79.6 cm³/mol. The van der Waals surface area contributed by atoms with Gasteiger partial charge in [0.2, 0.25) is 0 Å². The fraction of sp³-hybridized carbons (Fsp3) is 0.471. The third kappa shape index (κ3) is 1.80. The van der Waals surface area contributed by atoms with Gasteiger partial charge in [-0.2, -0.15) is 0 Å². The first-order valence-electron chi connectivity index (χ1n) is 7.25. The maximum Gasteiger partial charge on any atom is 0.313 e. The lowest BCUT2D eigenvalue weighted by molar-refractivity contribution is -0.143. The van der Waals surface area contributed by atoms with Gasteiger partial charge in [-0.15, -0.1) is 0 Å². The van der Waals surface area contributed by atoms with Gasteiger partial charge >= 0.3 is 5.97 Å². The quantitative estimate of drug-likeness (QED) is 0.869. The molecule has 1 aliphatic carbocycles. The van der Waals surface area contributed by atoms with E-state index in [0.717, 1.165) is 37.1 Å². The molecular formula is C17H21NO2. The minimum atomic E-state index is -0.843. The van der Waals surface area contributed by atoms with E-state index < -0.39 is 11.4 Å². The summed E-state index contributed by atoms with van der Waals surface area (Å²) in [6.07, 6.45) is 4.33. The zero-order valence-corrected chi connectivity index (χ0v) is 12.1. The van der Waals surface area contributed by atoms with Crippen molar-refractivity contribution in [1.29, 1.82) is 0 Å². The lowest BCUT2D eigenvalue weighted by Gasteiger charge is -2.33. The molecule has 0 bridgehead atoms. The van der Waals surface area contributed by atoms with Crippen molar-refractivity contribution in [3.05, 3.63) is 41.5 Å². The molecule has 2 N–H and O–H groups in total. The van der Waals surface area contributed by atoms with E-state index >= 15 is 0 Å². The minimum absolute atomic E-state index is 0.0316. The van der Waals surface area contributed by atoms with Crippen molar-refractivity contribution in [3.8, 4) is 0 Å². The highest BCUT2D eigenvalue weighted by Crippen LogP contribution is 2.51. The van der Waals surface area contributed by atoms with E-state index in [4.69, 9.17) is 0 Å². The molecule has 3 heteroatoms. The summed E-state index contributed by atoms with van der Waals surface area (Å²) < 4.78 is 0. The summed E-state index contributed by atoms with van der Waals surface area (Å²) in [5.74, 6) is -0.760. The summed E-state index contributed by atoms with van der Waals surface area (Å²) in [5, 5.41) is 13.0. The molecule has 3 rings (SSSR count). The van der Waals surface area contributed by atoms with Crippen LogP contribution in [0.1, 0.15) is 37.8 Å². The summed E-state index contributed by atoms with van der Waals surface area (Å²) in [7, 11) is 0. The zero-order valence-electron chi connectivity index (χ0n) is 12.1. The second kappa shape index (κ2) is 4.45.